The normalized spacial score (nSPS) is 11.5. The lowest BCUT2D eigenvalue weighted by molar-refractivity contribution is 0.00588. The summed E-state index contributed by atoms with van der Waals surface area (Å²) in [5.41, 5.74) is 5.06. The van der Waals surface area contributed by atoms with Gasteiger partial charge >= 0.3 is 5.97 Å². The highest BCUT2D eigenvalue weighted by Gasteiger charge is 2.20. The molecule has 0 aromatic carbocycles. The summed E-state index contributed by atoms with van der Waals surface area (Å²) in [6, 6.07) is 1.60. The Kier molecular flexibility index (Phi) is 4.06. The Bertz CT molecular complexity index is 352. The number of hydrogen-bond acceptors (Lipinski definition) is 5. The second kappa shape index (κ2) is 5.12. The topological polar surface area (TPSA) is 78.4 Å². The van der Waals surface area contributed by atoms with Crippen LogP contribution in [-0.4, -0.2) is 23.3 Å². The molecule has 16 heavy (non-hydrogen) atoms. The number of rotatable bonds is 4. The number of nitrogens with two attached hydrogens (primary N) is 1. The monoisotopic (exact) mass is 226 g/mol. The molecule has 0 spiro atoms. The third-order valence-electron chi connectivity index (χ3n) is 1.79. The summed E-state index contributed by atoms with van der Waals surface area (Å²) in [6.45, 7) is 6.00. The lowest BCUT2D eigenvalue weighted by atomic mass is 10.2. The van der Waals surface area contributed by atoms with Crippen molar-refractivity contribution >= 4 is 5.97 Å². The Labute approximate surface area is 94.9 Å². The van der Waals surface area contributed by atoms with E-state index >= 15 is 0 Å². The molecule has 0 aliphatic carbocycles. The Morgan fingerprint density at radius 1 is 1.56 bits per heavy atom. The number of carbonyl (C=O) groups is 1. The van der Waals surface area contributed by atoms with Gasteiger partial charge in [0.25, 0.3) is 0 Å². The second-order valence-electron chi connectivity index (χ2n) is 4.57. The minimum Gasteiger partial charge on any atom is -0.455 e. The van der Waals surface area contributed by atoms with Gasteiger partial charge in [-0.05, 0) is 33.7 Å². The third-order valence-corrected chi connectivity index (χ3v) is 1.79. The molecule has 5 nitrogen and oxygen atoms in total. The molecule has 0 amide bonds. The van der Waals surface area contributed by atoms with E-state index in [1.54, 1.807) is 26.8 Å². The van der Waals surface area contributed by atoms with E-state index in [1.807, 2.05) is 0 Å². The standard InChI is InChI=1S/C11H18N2O3/c1-11(2,3)15-10(14)9-7-8(16-13-9)5-4-6-12/h7H,4-6,12H2,1-3H3. The molecule has 0 radical (unpaired) electrons. The highest BCUT2D eigenvalue weighted by atomic mass is 16.6. The van der Waals surface area contributed by atoms with Crippen molar-refractivity contribution in [3.63, 3.8) is 0 Å². The first kappa shape index (κ1) is 12.7. The van der Waals surface area contributed by atoms with Crippen molar-refractivity contribution in [3.05, 3.63) is 17.5 Å². The van der Waals surface area contributed by atoms with Crippen molar-refractivity contribution in [1.29, 1.82) is 0 Å². The maximum Gasteiger partial charge on any atom is 0.361 e. The van der Waals surface area contributed by atoms with E-state index in [0.717, 1.165) is 6.42 Å². The van der Waals surface area contributed by atoms with Crippen molar-refractivity contribution in [1.82, 2.24) is 5.16 Å². The van der Waals surface area contributed by atoms with E-state index in [4.69, 9.17) is 15.0 Å². The van der Waals surface area contributed by atoms with Crippen LogP contribution in [0, 0.1) is 0 Å². The van der Waals surface area contributed by atoms with Crippen LogP contribution in [0.15, 0.2) is 10.6 Å². The molecule has 0 saturated heterocycles. The molecule has 1 aromatic rings. The van der Waals surface area contributed by atoms with Crippen molar-refractivity contribution in [3.8, 4) is 0 Å². The van der Waals surface area contributed by atoms with Gasteiger partial charge in [-0.25, -0.2) is 4.79 Å². The van der Waals surface area contributed by atoms with E-state index in [0.29, 0.717) is 18.7 Å². The highest BCUT2D eigenvalue weighted by molar-refractivity contribution is 5.87. The SMILES string of the molecule is CC(C)(C)OC(=O)c1cc(CCCN)on1. The Morgan fingerprint density at radius 2 is 2.25 bits per heavy atom. The van der Waals surface area contributed by atoms with Crippen molar-refractivity contribution in [2.75, 3.05) is 6.54 Å². The van der Waals surface area contributed by atoms with Crippen LogP contribution in [0.1, 0.15) is 43.4 Å². The average Bonchev–Trinajstić information content (AvgIpc) is 2.60. The van der Waals surface area contributed by atoms with Crippen molar-refractivity contribution in [2.45, 2.75) is 39.2 Å². The summed E-state index contributed by atoms with van der Waals surface area (Å²) in [5, 5.41) is 3.66. The van der Waals surface area contributed by atoms with Crippen LogP contribution in [0.3, 0.4) is 0 Å². The molecule has 0 aliphatic heterocycles. The fourth-order valence-electron chi connectivity index (χ4n) is 1.13. The maximum atomic E-state index is 11.6. The molecule has 1 rings (SSSR count). The molecule has 0 saturated carbocycles. The quantitative estimate of drug-likeness (QED) is 0.787. The van der Waals surface area contributed by atoms with Gasteiger partial charge in [-0.2, -0.15) is 0 Å². The summed E-state index contributed by atoms with van der Waals surface area (Å²) < 4.78 is 10.2. The van der Waals surface area contributed by atoms with Crippen LogP contribution in [0.5, 0.6) is 0 Å². The number of nitrogens with zero attached hydrogens (tertiary/aromatic N) is 1. The first-order valence-corrected chi connectivity index (χ1v) is 5.31. The summed E-state index contributed by atoms with van der Waals surface area (Å²) in [5.74, 6) is 0.196. The molecule has 90 valence electrons. The van der Waals surface area contributed by atoms with Crippen molar-refractivity contribution in [2.24, 2.45) is 5.73 Å². The first-order chi connectivity index (χ1) is 7.42. The number of ether oxygens (including phenoxy) is 1. The summed E-state index contributed by atoms with van der Waals surface area (Å²) in [4.78, 5) is 11.6. The fourth-order valence-corrected chi connectivity index (χ4v) is 1.13. The van der Waals surface area contributed by atoms with Crippen LogP contribution in [-0.2, 0) is 11.2 Å². The van der Waals surface area contributed by atoms with Gasteiger partial charge in [-0.3, -0.25) is 0 Å². The Hall–Kier alpha value is -1.36. The highest BCUT2D eigenvalue weighted by Crippen LogP contribution is 2.13. The summed E-state index contributed by atoms with van der Waals surface area (Å²) >= 11 is 0. The molecule has 0 fully saturated rings. The zero-order valence-corrected chi connectivity index (χ0v) is 9.95. The maximum absolute atomic E-state index is 11.6. The summed E-state index contributed by atoms with van der Waals surface area (Å²) in [6.07, 6.45) is 1.50. The smallest absolute Gasteiger partial charge is 0.361 e. The Balaban J connectivity index is 2.60. The predicted molar refractivity (Wildman–Crippen MR) is 59.0 cm³/mol. The van der Waals surface area contributed by atoms with E-state index in [-0.39, 0.29) is 5.69 Å². The molecule has 0 unspecified atom stereocenters. The van der Waals surface area contributed by atoms with Gasteiger partial charge in [0.1, 0.15) is 11.4 Å². The second-order valence-corrected chi connectivity index (χ2v) is 4.57. The van der Waals surface area contributed by atoms with Gasteiger partial charge in [-0.1, -0.05) is 5.16 Å². The van der Waals surface area contributed by atoms with Crippen LogP contribution < -0.4 is 5.73 Å². The van der Waals surface area contributed by atoms with Crippen LogP contribution in [0.25, 0.3) is 0 Å². The molecule has 5 heteroatoms. The average molecular weight is 226 g/mol. The lowest BCUT2D eigenvalue weighted by Crippen LogP contribution is -2.24. The van der Waals surface area contributed by atoms with E-state index < -0.39 is 11.6 Å². The lowest BCUT2D eigenvalue weighted by Gasteiger charge is -2.18. The minimum atomic E-state index is -0.520. The van der Waals surface area contributed by atoms with E-state index in [1.165, 1.54) is 0 Å². The van der Waals surface area contributed by atoms with Crippen LogP contribution in [0.4, 0.5) is 0 Å². The zero-order chi connectivity index (χ0) is 12.2. The fraction of sp³-hybridized carbons (Fsp3) is 0.636. The van der Waals surface area contributed by atoms with Crippen LogP contribution in [0.2, 0.25) is 0 Å². The number of hydrogen-bond donors (Lipinski definition) is 1. The number of carbonyl (C=O) groups excluding carboxylic acids is 1. The van der Waals surface area contributed by atoms with Crippen LogP contribution >= 0.6 is 0 Å². The van der Waals surface area contributed by atoms with Gasteiger partial charge in [0.05, 0.1) is 0 Å². The first-order valence-electron chi connectivity index (χ1n) is 5.31. The molecule has 1 heterocycles. The largest absolute Gasteiger partial charge is 0.455 e. The third kappa shape index (κ3) is 4.02. The van der Waals surface area contributed by atoms with E-state index in [2.05, 4.69) is 5.16 Å². The van der Waals surface area contributed by atoms with Gasteiger partial charge in [0.15, 0.2) is 5.69 Å². The molecule has 2 N–H and O–H groups in total. The zero-order valence-electron chi connectivity index (χ0n) is 9.95. The van der Waals surface area contributed by atoms with Gasteiger partial charge in [0, 0.05) is 12.5 Å². The molecule has 0 bridgehead atoms. The summed E-state index contributed by atoms with van der Waals surface area (Å²) in [7, 11) is 0. The molecular formula is C11H18N2O3. The van der Waals surface area contributed by atoms with Gasteiger partial charge < -0.3 is 15.0 Å². The van der Waals surface area contributed by atoms with Gasteiger partial charge in [-0.15, -0.1) is 0 Å². The number of aromatic nitrogens is 1. The minimum absolute atomic E-state index is 0.210. The molecule has 0 atom stereocenters. The Morgan fingerprint density at radius 3 is 2.81 bits per heavy atom. The predicted octanol–water partition coefficient (Wildman–Crippen LogP) is 1.52. The van der Waals surface area contributed by atoms with Crippen molar-refractivity contribution < 1.29 is 14.1 Å². The number of esters is 1. The number of aryl methyl sites for hydroxylation is 1. The molecule has 0 aliphatic rings. The van der Waals surface area contributed by atoms with E-state index in [9.17, 15) is 4.79 Å². The molecular weight excluding hydrogens is 208 g/mol. The molecule has 1 aromatic heterocycles. The van der Waals surface area contributed by atoms with Gasteiger partial charge in [0.2, 0.25) is 0 Å².